The molecule has 0 aromatic heterocycles. The van der Waals surface area contributed by atoms with Gasteiger partial charge in [-0.2, -0.15) is 0 Å². The summed E-state index contributed by atoms with van der Waals surface area (Å²) in [5, 5.41) is 3.48. The van der Waals surface area contributed by atoms with Gasteiger partial charge in [0, 0.05) is 6.04 Å². The predicted octanol–water partition coefficient (Wildman–Crippen LogP) is 3.69. The van der Waals surface area contributed by atoms with Crippen LogP contribution in [-0.2, 0) is 0 Å². The molecule has 0 aliphatic carbocycles. The Morgan fingerprint density at radius 2 is 1.57 bits per heavy atom. The molecule has 0 saturated carbocycles. The average Bonchev–Trinajstić information content (AvgIpc) is 2.16. The average molecular weight is 199 g/mol. The van der Waals surface area contributed by atoms with Crippen molar-refractivity contribution in [1.29, 1.82) is 0 Å². The fourth-order valence-corrected chi connectivity index (χ4v) is 2.36. The number of hydrogen-bond donors (Lipinski definition) is 1. The largest absolute Gasteiger partial charge is 0.316 e. The van der Waals surface area contributed by atoms with Crippen LogP contribution in [0.5, 0.6) is 0 Å². The molecule has 3 atom stereocenters. The van der Waals surface area contributed by atoms with Crippen LogP contribution in [0.1, 0.15) is 53.9 Å². The minimum atomic E-state index is 0.689. The van der Waals surface area contributed by atoms with Gasteiger partial charge in [-0.15, -0.1) is 0 Å². The lowest BCUT2D eigenvalue weighted by atomic mass is 9.82. The lowest BCUT2D eigenvalue weighted by Crippen LogP contribution is -2.38. The van der Waals surface area contributed by atoms with E-state index in [1.54, 1.807) is 0 Å². The van der Waals surface area contributed by atoms with Crippen LogP contribution < -0.4 is 5.32 Å². The maximum absolute atomic E-state index is 3.48. The zero-order chi connectivity index (χ0) is 11.1. The maximum Gasteiger partial charge on any atom is 0.0115 e. The van der Waals surface area contributed by atoms with Crippen LogP contribution in [0.4, 0.5) is 0 Å². The monoisotopic (exact) mass is 199 g/mol. The summed E-state index contributed by atoms with van der Waals surface area (Å²) in [7, 11) is 2.10. The molecule has 14 heavy (non-hydrogen) atoms. The van der Waals surface area contributed by atoms with Crippen LogP contribution in [0, 0.1) is 17.8 Å². The molecule has 1 nitrogen and oxygen atoms in total. The Morgan fingerprint density at radius 1 is 1.00 bits per heavy atom. The van der Waals surface area contributed by atoms with Crippen molar-refractivity contribution in [1.82, 2.24) is 5.32 Å². The fourth-order valence-electron chi connectivity index (χ4n) is 2.36. The van der Waals surface area contributed by atoms with Crippen LogP contribution in [0.15, 0.2) is 0 Å². The molecule has 1 N–H and O–H groups in total. The van der Waals surface area contributed by atoms with E-state index in [0.717, 1.165) is 17.8 Å². The van der Waals surface area contributed by atoms with Crippen LogP contribution in [-0.4, -0.2) is 13.1 Å². The third-order valence-electron chi connectivity index (χ3n) is 3.49. The first kappa shape index (κ1) is 14.0. The molecule has 0 saturated heterocycles. The molecule has 0 aromatic carbocycles. The molecule has 3 unspecified atom stereocenters. The van der Waals surface area contributed by atoms with Gasteiger partial charge in [0.25, 0.3) is 0 Å². The van der Waals surface area contributed by atoms with Gasteiger partial charge in [-0.3, -0.25) is 0 Å². The lowest BCUT2D eigenvalue weighted by molar-refractivity contribution is 0.245. The van der Waals surface area contributed by atoms with E-state index in [9.17, 15) is 0 Å². The van der Waals surface area contributed by atoms with Crippen molar-refractivity contribution >= 4 is 0 Å². The van der Waals surface area contributed by atoms with E-state index in [1.165, 1.54) is 19.3 Å². The van der Waals surface area contributed by atoms with Gasteiger partial charge in [0.15, 0.2) is 0 Å². The SMILES string of the molecule is CCC(C)CC(CC)C(NC)C(C)C. The third-order valence-corrected chi connectivity index (χ3v) is 3.49. The standard InChI is InChI=1S/C13H29N/c1-7-11(5)9-12(8-2)13(14-6)10(3)4/h10-14H,7-9H2,1-6H3. The van der Waals surface area contributed by atoms with Crippen molar-refractivity contribution in [2.45, 2.75) is 59.9 Å². The predicted molar refractivity (Wildman–Crippen MR) is 65.5 cm³/mol. The van der Waals surface area contributed by atoms with E-state index < -0.39 is 0 Å². The van der Waals surface area contributed by atoms with Crippen molar-refractivity contribution in [2.24, 2.45) is 17.8 Å². The molecule has 0 rings (SSSR count). The second-order valence-corrected chi connectivity index (χ2v) is 4.98. The van der Waals surface area contributed by atoms with E-state index in [0.29, 0.717) is 6.04 Å². The molecule has 0 aliphatic heterocycles. The molecule has 0 bridgehead atoms. The highest BCUT2D eigenvalue weighted by Crippen LogP contribution is 2.24. The minimum Gasteiger partial charge on any atom is -0.316 e. The van der Waals surface area contributed by atoms with E-state index in [-0.39, 0.29) is 0 Å². The minimum absolute atomic E-state index is 0.689. The topological polar surface area (TPSA) is 12.0 Å². The molecule has 0 spiro atoms. The highest BCUT2D eigenvalue weighted by molar-refractivity contribution is 4.78. The Kier molecular flexibility index (Phi) is 7.26. The summed E-state index contributed by atoms with van der Waals surface area (Å²) in [6, 6.07) is 0.689. The number of hydrogen-bond acceptors (Lipinski definition) is 1. The summed E-state index contributed by atoms with van der Waals surface area (Å²) < 4.78 is 0. The molecular weight excluding hydrogens is 170 g/mol. The first-order valence-electron chi connectivity index (χ1n) is 6.23. The first-order chi connectivity index (χ1) is 6.56. The van der Waals surface area contributed by atoms with Gasteiger partial charge in [0.2, 0.25) is 0 Å². The van der Waals surface area contributed by atoms with Crippen molar-refractivity contribution in [3.8, 4) is 0 Å². The van der Waals surface area contributed by atoms with Crippen molar-refractivity contribution in [3.05, 3.63) is 0 Å². The molecule has 1 heteroatoms. The second kappa shape index (κ2) is 7.28. The van der Waals surface area contributed by atoms with Crippen molar-refractivity contribution < 1.29 is 0 Å². The molecule has 0 radical (unpaired) electrons. The van der Waals surface area contributed by atoms with Crippen LogP contribution in [0.3, 0.4) is 0 Å². The van der Waals surface area contributed by atoms with E-state index >= 15 is 0 Å². The van der Waals surface area contributed by atoms with E-state index in [2.05, 4.69) is 47.0 Å². The molecule has 0 amide bonds. The number of rotatable bonds is 7. The molecular formula is C13H29N. The summed E-state index contributed by atoms with van der Waals surface area (Å²) in [5.41, 5.74) is 0. The summed E-state index contributed by atoms with van der Waals surface area (Å²) >= 11 is 0. The first-order valence-corrected chi connectivity index (χ1v) is 6.23. The number of nitrogens with one attached hydrogen (secondary N) is 1. The third kappa shape index (κ3) is 4.45. The second-order valence-electron chi connectivity index (χ2n) is 4.98. The van der Waals surface area contributed by atoms with Crippen LogP contribution in [0.2, 0.25) is 0 Å². The van der Waals surface area contributed by atoms with Gasteiger partial charge in [-0.1, -0.05) is 47.5 Å². The molecule has 0 heterocycles. The Labute approximate surface area is 90.7 Å². The quantitative estimate of drug-likeness (QED) is 0.659. The smallest absolute Gasteiger partial charge is 0.0115 e. The summed E-state index contributed by atoms with van der Waals surface area (Å²) in [6.07, 6.45) is 3.98. The normalized spacial score (nSPS) is 18.2. The Morgan fingerprint density at radius 3 is 1.86 bits per heavy atom. The van der Waals surface area contributed by atoms with Gasteiger partial charge in [-0.25, -0.2) is 0 Å². The van der Waals surface area contributed by atoms with Crippen molar-refractivity contribution in [2.75, 3.05) is 7.05 Å². The highest BCUT2D eigenvalue weighted by Gasteiger charge is 2.22. The summed E-state index contributed by atoms with van der Waals surface area (Å²) in [5.74, 6) is 2.46. The Balaban J connectivity index is 4.21. The van der Waals surface area contributed by atoms with Gasteiger partial charge in [0.1, 0.15) is 0 Å². The molecule has 0 aliphatic rings. The van der Waals surface area contributed by atoms with E-state index in [4.69, 9.17) is 0 Å². The van der Waals surface area contributed by atoms with Gasteiger partial charge in [0.05, 0.1) is 0 Å². The van der Waals surface area contributed by atoms with Crippen LogP contribution in [0.25, 0.3) is 0 Å². The molecule has 0 fully saturated rings. The van der Waals surface area contributed by atoms with Gasteiger partial charge < -0.3 is 5.32 Å². The van der Waals surface area contributed by atoms with Crippen molar-refractivity contribution in [3.63, 3.8) is 0 Å². The Bertz CT molecular complexity index is 131. The summed E-state index contributed by atoms with van der Waals surface area (Å²) in [4.78, 5) is 0. The van der Waals surface area contributed by atoms with Gasteiger partial charge >= 0.3 is 0 Å². The zero-order valence-corrected chi connectivity index (χ0v) is 10.9. The van der Waals surface area contributed by atoms with Crippen LogP contribution >= 0.6 is 0 Å². The maximum atomic E-state index is 3.48. The van der Waals surface area contributed by atoms with Gasteiger partial charge in [-0.05, 0) is 31.2 Å². The molecule has 86 valence electrons. The zero-order valence-electron chi connectivity index (χ0n) is 10.9. The van der Waals surface area contributed by atoms with E-state index in [1.807, 2.05) is 0 Å². The Hall–Kier alpha value is -0.0400. The highest BCUT2D eigenvalue weighted by atomic mass is 14.9. The molecule has 0 aromatic rings. The fraction of sp³-hybridized carbons (Fsp3) is 1.00. The summed E-state index contributed by atoms with van der Waals surface area (Å²) in [6.45, 7) is 11.6. The lowest BCUT2D eigenvalue weighted by Gasteiger charge is -2.31.